The summed E-state index contributed by atoms with van der Waals surface area (Å²) in [6.45, 7) is 4.76. The van der Waals surface area contributed by atoms with E-state index in [-0.39, 0.29) is 24.5 Å². The Morgan fingerprint density at radius 2 is 1.88 bits per heavy atom. The number of benzene rings is 2. The van der Waals surface area contributed by atoms with Crippen molar-refractivity contribution in [1.29, 1.82) is 0 Å². The molecule has 32 heavy (non-hydrogen) atoms. The molecule has 0 aliphatic carbocycles. The summed E-state index contributed by atoms with van der Waals surface area (Å²) >= 11 is 4.41. The van der Waals surface area contributed by atoms with Gasteiger partial charge in [0.05, 0.1) is 12.2 Å². The highest BCUT2D eigenvalue weighted by Crippen LogP contribution is 2.27. The number of aliphatic imine (C=N–C) groups is 1. The monoisotopic (exact) mass is 457 g/mol. The first-order valence-electron chi connectivity index (χ1n) is 9.85. The molecular weight excluding hydrogens is 430 g/mol. The first-order valence-corrected chi connectivity index (χ1v) is 10.3. The normalized spacial score (nSPS) is 12.2. The Balaban J connectivity index is 2.13. The molecule has 2 rings (SSSR count). The molecule has 0 spiro atoms. The topological polar surface area (TPSA) is 149 Å². The Labute approximate surface area is 192 Å². The van der Waals surface area contributed by atoms with Gasteiger partial charge in [-0.3, -0.25) is 14.4 Å². The van der Waals surface area contributed by atoms with Crippen molar-refractivity contribution >= 4 is 42.1 Å². The number of esters is 1. The number of carbonyl (C=O) groups is 3. The minimum atomic E-state index is -1.44. The molecule has 0 radical (unpaired) electrons. The summed E-state index contributed by atoms with van der Waals surface area (Å²) in [6.07, 6.45) is 0.133. The van der Waals surface area contributed by atoms with Gasteiger partial charge in [0.2, 0.25) is 11.6 Å². The van der Waals surface area contributed by atoms with Crippen LogP contribution in [0.15, 0.2) is 52.4 Å². The van der Waals surface area contributed by atoms with Crippen LogP contribution in [-0.2, 0) is 20.1 Å². The van der Waals surface area contributed by atoms with E-state index in [1.165, 1.54) is 6.07 Å². The van der Waals surface area contributed by atoms with E-state index in [0.29, 0.717) is 16.1 Å². The van der Waals surface area contributed by atoms with Crippen LogP contribution in [0.2, 0.25) is 0 Å². The van der Waals surface area contributed by atoms with Gasteiger partial charge in [-0.1, -0.05) is 25.1 Å². The molecule has 0 saturated carbocycles. The van der Waals surface area contributed by atoms with Gasteiger partial charge in [-0.25, -0.2) is 4.99 Å². The summed E-state index contributed by atoms with van der Waals surface area (Å²) in [4.78, 5) is 41.6. The van der Waals surface area contributed by atoms with Crippen molar-refractivity contribution in [2.24, 2.45) is 16.5 Å². The van der Waals surface area contributed by atoms with E-state index in [0.717, 1.165) is 5.56 Å². The van der Waals surface area contributed by atoms with Gasteiger partial charge >= 0.3 is 5.97 Å². The van der Waals surface area contributed by atoms with Crippen LogP contribution < -0.4 is 22.1 Å². The number of thiol groups is 1. The van der Waals surface area contributed by atoms with E-state index in [2.05, 4.69) is 28.3 Å². The third-order valence-corrected chi connectivity index (χ3v) is 5.00. The Morgan fingerprint density at radius 3 is 2.50 bits per heavy atom. The van der Waals surface area contributed by atoms with Crippen LogP contribution in [0.4, 0.5) is 5.69 Å². The fourth-order valence-electron chi connectivity index (χ4n) is 2.80. The molecule has 0 saturated heterocycles. The van der Waals surface area contributed by atoms with Crippen molar-refractivity contribution in [3.8, 4) is 0 Å². The lowest BCUT2D eigenvalue weighted by molar-refractivity contribution is -0.164. The molecule has 10 heteroatoms. The highest BCUT2D eigenvalue weighted by molar-refractivity contribution is 7.80. The van der Waals surface area contributed by atoms with Crippen LogP contribution in [0, 0.1) is 6.92 Å². The predicted octanol–water partition coefficient (Wildman–Crippen LogP) is 1.86. The molecule has 2 amide bonds. The lowest BCUT2D eigenvalue weighted by atomic mass is 10.0. The lowest BCUT2D eigenvalue weighted by Gasteiger charge is -2.31. The molecule has 6 N–H and O–H groups in total. The molecular formula is C22H27N5O4S. The van der Waals surface area contributed by atoms with Crippen molar-refractivity contribution in [1.82, 2.24) is 10.6 Å². The van der Waals surface area contributed by atoms with Crippen LogP contribution in [0.25, 0.3) is 0 Å². The third-order valence-electron chi connectivity index (χ3n) is 4.52. The van der Waals surface area contributed by atoms with E-state index in [4.69, 9.17) is 16.2 Å². The number of rotatable bonds is 8. The summed E-state index contributed by atoms with van der Waals surface area (Å²) in [7, 11) is 0. The summed E-state index contributed by atoms with van der Waals surface area (Å²) in [5.74, 6) is -1.67. The second-order valence-corrected chi connectivity index (χ2v) is 7.66. The van der Waals surface area contributed by atoms with E-state index < -0.39 is 23.5 Å². The number of hydrogen-bond acceptors (Lipinski definition) is 6. The van der Waals surface area contributed by atoms with Gasteiger partial charge in [0, 0.05) is 22.4 Å². The van der Waals surface area contributed by atoms with Crippen molar-refractivity contribution in [3.63, 3.8) is 0 Å². The predicted molar refractivity (Wildman–Crippen MR) is 125 cm³/mol. The van der Waals surface area contributed by atoms with E-state index in [1.807, 2.05) is 13.0 Å². The number of guanidine groups is 1. The molecule has 0 fully saturated rings. The zero-order valence-corrected chi connectivity index (χ0v) is 19.0. The lowest BCUT2D eigenvalue weighted by Crippen LogP contribution is -2.50. The number of ether oxygens (including phenoxy) is 1. The number of carbonyl (C=O) groups excluding carboxylic acids is 3. The van der Waals surface area contributed by atoms with Crippen LogP contribution >= 0.6 is 12.6 Å². The van der Waals surface area contributed by atoms with Crippen LogP contribution in [0.1, 0.15) is 41.8 Å². The minimum Gasteiger partial charge on any atom is -0.435 e. The molecule has 0 aliphatic rings. The third kappa shape index (κ3) is 6.74. The van der Waals surface area contributed by atoms with E-state index >= 15 is 0 Å². The molecule has 0 heterocycles. The second kappa shape index (κ2) is 10.7. The number of hydrogen-bond donors (Lipinski definition) is 5. The Morgan fingerprint density at radius 1 is 1.16 bits per heavy atom. The quantitative estimate of drug-likeness (QED) is 0.134. The average molecular weight is 458 g/mol. The zero-order chi connectivity index (χ0) is 23.9. The first kappa shape index (κ1) is 24.7. The van der Waals surface area contributed by atoms with Gasteiger partial charge in [-0.05, 0) is 43.7 Å². The van der Waals surface area contributed by atoms with E-state index in [9.17, 15) is 14.4 Å². The summed E-state index contributed by atoms with van der Waals surface area (Å²) < 4.78 is 5.53. The fourth-order valence-corrected chi connectivity index (χ4v) is 3.01. The maximum absolute atomic E-state index is 12.6. The molecule has 0 bridgehead atoms. The van der Waals surface area contributed by atoms with Crippen molar-refractivity contribution in [2.75, 3.05) is 6.54 Å². The molecule has 1 atom stereocenters. The number of amides is 2. The largest absolute Gasteiger partial charge is 0.435 e. The minimum absolute atomic E-state index is 0.133. The maximum atomic E-state index is 12.6. The van der Waals surface area contributed by atoms with E-state index in [1.54, 1.807) is 44.2 Å². The Hall–Kier alpha value is -3.53. The summed E-state index contributed by atoms with van der Waals surface area (Å²) in [6, 6.07) is 11.6. The molecule has 9 nitrogen and oxygen atoms in total. The van der Waals surface area contributed by atoms with Crippen LogP contribution in [0.3, 0.4) is 0 Å². The van der Waals surface area contributed by atoms with Gasteiger partial charge in [-0.2, -0.15) is 0 Å². The highest BCUT2D eigenvalue weighted by Gasteiger charge is 2.33. The molecule has 0 aliphatic heterocycles. The number of nitrogens with one attached hydrogen (secondary N) is 2. The number of nitrogens with zero attached hydrogens (tertiary/aromatic N) is 1. The molecule has 170 valence electrons. The number of nitrogens with two attached hydrogens (primary N) is 2. The fraction of sp³-hybridized carbons (Fsp3) is 0.273. The molecule has 1 unspecified atom stereocenters. The smallest absolute Gasteiger partial charge is 0.307 e. The summed E-state index contributed by atoms with van der Waals surface area (Å²) in [5.41, 5.74) is 11.4. The first-order chi connectivity index (χ1) is 15.0. The summed E-state index contributed by atoms with van der Waals surface area (Å²) in [5, 5.41) is 5.20. The van der Waals surface area contributed by atoms with Gasteiger partial charge in [0.1, 0.15) is 0 Å². The van der Waals surface area contributed by atoms with Gasteiger partial charge in [-0.15, -0.1) is 12.6 Å². The van der Waals surface area contributed by atoms with Gasteiger partial charge in [0.25, 0.3) is 5.91 Å². The van der Waals surface area contributed by atoms with Gasteiger partial charge in [0.15, 0.2) is 5.96 Å². The number of aryl methyl sites for hydroxylation is 1. The Kier molecular flexibility index (Phi) is 8.25. The molecule has 0 aromatic heterocycles. The molecule has 2 aromatic rings. The van der Waals surface area contributed by atoms with Crippen LogP contribution in [0.5, 0.6) is 0 Å². The van der Waals surface area contributed by atoms with Crippen molar-refractivity contribution in [2.45, 2.75) is 37.8 Å². The highest BCUT2D eigenvalue weighted by atomic mass is 32.1. The average Bonchev–Trinajstić information content (AvgIpc) is 2.73. The van der Waals surface area contributed by atoms with Crippen molar-refractivity contribution < 1.29 is 19.1 Å². The SMILES string of the molecule is CCC(=O)OC(C)(NC(=O)CNC(=O)c1cccc(N=C(N)N)c1)c1ccc(C)c(S)c1. The maximum Gasteiger partial charge on any atom is 0.307 e. The second-order valence-electron chi connectivity index (χ2n) is 7.18. The Bertz CT molecular complexity index is 1050. The molecule has 2 aromatic carbocycles. The van der Waals surface area contributed by atoms with Crippen molar-refractivity contribution in [3.05, 3.63) is 59.2 Å². The van der Waals surface area contributed by atoms with Gasteiger partial charge < -0.3 is 26.8 Å². The standard InChI is InChI=1S/C22H27N5O4S/c1-4-19(29)31-22(3,15-9-8-13(2)17(32)11-15)27-18(28)12-25-20(30)14-6-5-7-16(10-14)26-21(23)24/h5-11,32H,4,12H2,1-3H3,(H,25,30)(H,27,28)(H4,23,24,26). The van der Waals surface area contributed by atoms with Crippen LogP contribution in [-0.4, -0.2) is 30.3 Å². The zero-order valence-electron chi connectivity index (χ0n) is 18.1.